The lowest BCUT2D eigenvalue weighted by Gasteiger charge is -2.26. The van der Waals surface area contributed by atoms with E-state index in [-0.39, 0.29) is 6.03 Å². The molecule has 1 unspecified atom stereocenters. The number of carbonyl (C=O) groups excluding carboxylic acids is 2. The lowest BCUT2D eigenvalue weighted by atomic mass is 10.0. The van der Waals surface area contributed by atoms with Crippen LogP contribution < -0.4 is 10.6 Å². The number of hydrogen-bond acceptors (Lipinski definition) is 4. The fraction of sp³-hybridized carbons (Fsp3) is 0.176. The zero-order valence-electron chi connectivity index (χ0n) is 13.1. The number of thiophene rings is 1. The van der Waals surface area contributed by atoms with Crippen LogP contribution in [0, 0.1) is 0 Å². The van der Waals surface area contributed by atoms with Crippen LogP contribution in [-0.2, 0) is 9.53 Å². The number of halogens is 1. The van der Waals surface area contributed by atoms with Crippen molar-refractivity contribution >= 4 is 39.3 Å². The van der Waals surface area contributed by atoms with Crippen molar-refractivity contribution in [3.05, 3.63) is 57.0 Å². The summed E-state index contributed by atoms with van der Waals surface area (Å²) in [5.74, 6) is -0.455. The van der Waals surface area contributed by atoms with Gasteiger partial charge in [-0.25, -0.2) is 9.59 Å². The first kappa shape index (κ1) is 16.7. The fourth-order valence-corrected chi connectivity index (χ4v) is 3.90. The minimum Gasteiger partial charge on any atom is -0.466 e. The van der Waals surface area contributed by atoms with Gasteiger partial charge >= 0.3 is 12.0 Å². The molecule has 2 heterocycles. The fourth-order valence-electron chi connectivity index (χ4n) is 2.57. The summed E-state index contributed by atoms with van der Waals surface area (Å²) in [4.78, 5) is 25.9. The first-order valence-electron chi connectivity index (χ1n) is 7.22. The highest BCUT2D eigenvalue weighted by Crippen LogP contribution is 2.36. The van der Waals surface area contributed by atoms with Crippen molar-refractivity contribution in [2.24, 2.45) is 0 Å². The van der Waals surface area contributed by atoms with Gasteiger partial charge in [-0.2, -0.15) is 0 Å². The van der Waals surface area contributed by atoms with E-state index in [1.165, 1.54) is 18.4 Å². The van der Waals surface area contributed by atoms with Crippen LogP contribution in [0.5, 0.6) is 0 Å². The molecule has 7 heteroatoms. The zero-order valence-corrected chi connectivity index (χ0v) is 15.5. The Morgan fingerprint density at radius 2 is 1.92 bits per heavy atom. The van der Waals surface area contributed by atoms with Gasteiger partial charge in [-0.05, 0) is 36.8 Å². The van der Waals surface area contributed by atoms with E-state index in [9.17, 15) is 9.59 Å². The van der Waals surface area contributed by atoms with Gasteiger partial charge in [-0.3, -0.25) is 0 Å². The maximum absolute atomic E-state index is 12.1. The van der Waals surface area contributed by atoms with Gasteiger partial charge < -0.3 is 15.4 Å². The van der Waals surface area contributed by atoms with Crippen molar-refractivity contribution in [3.63, 3.8) is 0 Å². The molecule has 1 aromatic heterocycles. The summed E-state index contributed by atoms with van der Waals surface area (Å²) in [6, 6.07) is 11.1. The molecule has 1 aromatic carbocycles. The van der Waals surface area contributed by atoms with Crippen molar-refractivity contribution in [1.29, 1.82) is 0 Å². The highest BCUT2D eigenvalue weighted by molar-refractivity contribution is 9.10. The average Bonchev–Trinajstić information content (AvgIpc) is 3.04. The van der Waals surface area contributed by atoms with Crippen LogP contribution in [0.4, 0.5) is 4.79 Å². The molecular formula is C17H15BrN2O3S. The zero-order chi connectivity index (χ0) is 17.3. The first-order chi connectivity index (χ1) is 11.5. The number of benzene rings is 1. The summed E-state index contributed by atoms with van der Waals surface area (Å²) >= 11 is 4.96. The molecule has 1 aliphatic rings. The summed E-state index contributed by atoms with van der Waals surface area (Å²) in [6.07, 6.45) is 0. The van der Waals surface area contributed by atoms with Crippen LogP contribution in [-0.4, -0.2) is 19.1 Å². The maximum Gasteiger partial charge on any atom is 0.338 e. The highest BCUT2D eigenvalue weighted by Gasteiger charge is 2.32. The van der Waals surface area contributed by atoms with Crippen molar-refractivity contribution in [1.82, 2.24) is 10.6 Å². The number of methoxy groups -OCH3 is 1. The van der Waals surface area contributed by atoms with Crippen molar-refractivity contribution < 1.29 is 14.3 Å². The molecule has 0 radical (unpaired) electrons. The third-order valence-corrected chi connectivity index (χ3v) is 5.44. The largest absolute Gasteiger partial charge is 0.466 e. The summed E-state index contributed by atoms with van der Waals surface area (Å²) in [5, 5.41) is 5.41. The monoisotopic (exact) mass is 406 g/mol. The molecule has 2 N–H and O–H groups in total. The standard InChI is InChI=1S/C17H15BrN2O3S/c1-9-14(16(21)23-2)15(20-17(22)19-9)13-8-7-12(24-13)10-3-5-11(18)6-4-10/h3-8,15H,1-2H3,(H2,19,20,22). The quantitative estimate of drug-likeness (QED) is 0.757. The normalized spacial score (nSPS) is 17.3. The van der Waals surface area contributed by atoms with E-state index >= 15 is 0 Å². The van der Waals surface area contributed by atoms with Gasteiger partial charge in [0.25, 0.3) is 0 Å². The Labute approximate surface area is 151 Å². The second kappa shape index (κ2) is 6.78. The molecule has 0 saturated carbocycles. The van der Waals surface area contributed by atoms with E-state index in [0.29, 0.717) is 11.3 Å². The summed E-state index contributed by atoms with van der Waals surface area (Å²) < 4.78 is 5.88. The van der Waals surface area contributed by atoms with Gasteiger partial charge in [-0.15, -0.1) is 11.3 Å². The summed E-state index contributed by atoms with van der Waals surface area (Å²) in [7, 11) is 1.33. The van der Waals surface area contributed by atoms with Crippen LogP contribution >= 0.6 is 27.3 Å². The van der Waals surface area contributed by atoms with Gasteiger partial charge in [0.2, 0.25) is 0 Å². The van der Waals surface area contributed by atoms with Crippen LogP contribution in [0.2, 0.25) is 0 Å². The van der Waals surface area contributed by atoms with E-state index in [0.717, 1.165) is 19.8 Å². The molecule has 0 aliphatic carbocycles. The molecule has 1 atom stereocenters. The van der Waals surface area contributed by atoms with Gasteiger partial charge in [0.1, 0.15) is 0 Å². The second-order valence-corrected chi connectivity index (χ2v) is 7.30. The number of hydrogen-bond donors (Lipinski definition) is 2. The number of allylic oxidation sites excluding steroid dienone is 1. The highest BCUT2D eigenvalue weighted by atomic mass is 79.9. The predicted molar refractivity (Wildman–Crippen MR) is 96.6 cm³/mol. The van der Waals surface area contributed by atoms with Gasteiger partial charge in [0, 0.05) is 19.9 Å². The Bertz CT molecular complexity index is 827. The number of ether oxygens (including phenoxy) is 1. The molecule has 0 bridgehead atoms. The van der Waals surface area contributed by atoms with E-state index in [1.807, 2.05) is 36.4 Å². The molecule has 0 fully saturated rings. The molecule has 0 saturated heterocycles. The van der Waals surface area contributed by atoms with Crippen molar-refractivity contribution in [2.75, 3.05) is 7.11 Å². The number of urea groups is 1. The summed E-state index contributed by atoms with van der Waals surface area (Å²) in [6.45, 7) is 1.70. The van der Waals surface area contributed by atoms with E-state index in [2.05, 4.69) is 26.6 Å². The molecule has 2 amide bonds. The Morgan fingerprint density at radius 1 is 1.21 bits per heavy atom. The molecule has 1 aliphatic heterocycles. The molecule has 2 aromatic rings. The SMILES string of the molecule is COC(=O)C1=C(C)NC(=O)NC1c1ccc(-c2ccc(Br)cc2)s1. The van der Waals surface area contributed by atoms with E-state index in [1.54, 1.807) is 6.92 Å². The smallest absolute Gasteiger partial charge is 0.338 e. The van der Waals surface area contributed by atoms with Crippen molar-refractivity contribution in [2.45, 2.75) is 13.0 Å². The number of amides is 2. The minimum atomic E-state index is -0.514. The number of nitrogens with one attached hydrogen (secondary N) is 2. The Morgan fingerprint density at radius 3 is 2.58 bits per heavy atom. The first-order valence-corrected chi connectivity index (χ1v) is 8.83. The van der Waals surface area contributed by atoms with Crippen LogP contribution in [0.3, 0.4) is 0 Å². The summed E-state index contributed by atoms with van der Waals surface area (Å²) in [5.41, 5.74) is 2.01. The van der Waals surface area contributed by atoms with Crippen LogP contribution in [0.15, 0.2) is 52.1 Å². The molecule has 124 valence electrons. The molecule has 24 heavy (non-hydrogen) atoms. The molecule has 5 nitrogen and oxygen atoms in total. The number of carbonyl (C=O) groups is 2. The number of rotatable bonds is 3. The van der Waals surface area contributed by atoms with Crippen LogP contribution in [0.1, 0.15) is 17.8 Å². The Balaban J connectivity index is 1.98. The lowest BCUT2D eigenvalue weighted by Crippen LogP contribution is -2.45. The lowest BCUT2D eigenvalue weighted by molar-refractivity contribution is -0.136. The van der Waals surface area contributed by atoms with Gasteiger partial charge in [-0.1, -0.05) is 28.1 Å². The van der Waals surface area contributed by atoms with E-state index in [4.69, 9.17) is 4.74 Å². The molecule has 3 rings (SSSR count). The third-order valence-electron chi connectivity index (χ3n) is 3.71. The Kier molecular flexibility index (Phi) is 4.73. The minimum absolute atomic E-state index is 0.330. The number of esters is 1. The van der Waals surface area contributed by atoms with Crippen LogP contribution in [0.25, 0.3) is 10.4 Å². The topological polar surface area (TPSA) is 67.4 Å². The Hall–Kier alpha value is -2.12. The predicted octanol–water partition coefficient (Wildman–Crippen LogP) is 3.98. The molecular weight excluding hydrogens is 392 g/mol. The third kappa shape index (κ3) is 3.22. The average molecular weight is 407 g/mol. The van der Waals surface area contributed by atoms with E-state index < -0.39 is 12.0 Å². The maximum atomic E-state index is 12.1. The van der Waals surface area contributed by atoms with Gasteiger partial charge in [0.05, 0.1) is 18.7 Å². The van der Waals surface area contributed by atoms with Crippen molar-refractivity contribution in [3.8, 4) is 10.4 Å². The second-order valence-electron chi connectivity index (χ2n) is 5.27. The molecule has 0 spiro atoms. The van der Waals surface area contributed by atoms with Gasteiger partial charge in [0.15, 0.2) is 0 Å².